The molecule has 0 radical (unpaired) electrons. The molecule has 0 saturated heterocycles. The minimum atomic E-state index is -0.0247. The van der Waals surface area contributed by atoms with E-state index in [4.69, 9.17) is 0 Å². The smallest absolute Gasteiger partial charge is 0.872 e. The summed E-state index contributed by atoms with van der Waals surface area (Å²) in [5.74, 6) is -0.0495. The van der Waals surface area contributed by atoms with Crippen LogP contribution in [0.25, 0.3) is 44.3 Å². The number of hydrogen-bond donors (Lipinski definition) is 0. The van der Waals surface area contributed by atoms with E-state index < -0.39 is 0 Å². The van der Waals surface area contributed by atoms with Crippen LogP contribution in [0, 0.1) is 0 Å². The fourth-order valence-corrected chi connectivity index (χ4v) is 3.57. The van der Waals surface area contributed by atoms with Crippen LogP contribution in [0.15, 0.2) is 84.9 Å². The van der Waals surface area contributed by atoms with Crippen molar-refractivity contribution in [2.75, 3.05) is 0 Å². The second-order valence-electron chi connectivity index (χ2n) is 6.73. The number of para-hydroxylation sites is 2. The fourth-order valence-electron chi connectivity index (χ4n) is 3.57. The molecule has 5 aromatic rings. The summed E-state index contributed by atoms with van der Waals surface area (Å²) in [7, 11) is 0. The molecule has 0 aliphatic carbocycles. The molecule has 0 unspecified atom stereocenters. The molecule has 0 amide bonds. The van der Waals surface area contributed by atoms with Crippen molar-refractivity contribution < 1.29 is 20.2 Å². The predicted octanol–water partition coefficient (Wildman–Crippen LogP) is 2.72. The van der Waals surface area contributed by atoms with E-state index in [2.05, 4.69) is 9.97 Å². The van der Waals surface area contributed by atoms with Crippen molar-refractivity contribution in [2.24, 2.45) is 0 Å². The van der Waals surface area contributed by atoms with Crippen molar-refractivity contribution in [1.29, 1.82) is 0 Å². The van der Waals surface area contributed by atoms with Gasteiger partial charge in [0.1, 0.15) is 0 Å². The molecule has 0 spiro atoms. The average Bonchev–Trinajstić information content (AvgIpc) is 2.74. The summed E-state index contributed by atoms with van der Waals surface area (Å²) in [6.07, 6.45) is 0. The van der Waals surface area contributed by atoms with Crippen LogP contribution < -0.4 is 20.2 Å². The first-order valence-electron chi connectivity index (χ1n) is 9.04. The summed E-state index contributed by atoms with van der Waals surface area (Å²) in [6.45, 7) is 0. The molecule has 29 heavy (non-hydrogen) atoms. The van der Waals surface area contributed by atoms with E-state index in [9.17, 15) is 10.2 Å². The molecule has 0 fully saturated rings. The Morgan fingerprint density at radius 1 is 0.483 bits per heavy atom. The van der Waals surface area contributed by atoms with Crippen LogP contribution in [0.3, 0.4) is 0 Å². The van der Waals surface area contributed by atoms with E-state index in [1.165, 1.54) is 0 Å². The molecular weight excluding hydrogens is 373 g/mol. The molecule has 3 aromatic carbocycles. The summed E-state index contributed by atoms with van der Waals surface area (Å²) in [5.41, 5.74) is 4.55. The summed E-state index contributed by atoms with van der Waals surface area (Å²) in [5, 5.41) is 26.5. The maximum Gasteiger partial charge on any atom is 2.00 e. The normalized spacial score (nSPS) is 10.8. The molecule has 2 N–H and O–H groups in total. The first-order chi connectivity index (χ1) is 13.7. The molecular formula is C24H16MgN2O2+2. The van der Waals surface area contributed by atoms with Gasteiger partial charge < -0.3 is 10.2 Å². The van der Waals surface area contributed by atoms with Crippen molar-refractivity contribution in [3.63, 3.8) is 0 Å². The fraction of sp³-hybridized carbons (Fsp3) is 0. The number of H-pyrrole nitrogens is 2. The number of fused-ring (bicyclic) bond motifs is 3. The Balaban J connectivity index is 0.00000205. The largest absolute Gasteiger partial charge is 2.00 e. The second-order valence-corrected chi connectivity index (χ2v) is 6.73. The van der Waals surface area contributed by atoms with E-state index in [1.54, 1.807) is 24.3 Å². The summed E-state index contributed by atoms with van der Waals surface area (Å²) >= 11 is 0. The molecule has 5 rings (SSSR count). The molecule has 2 heterocycles. The van der Waals surface area contributed by atoms with E-state index in [-0.39, 0.29) is 34.6 Å². The third kappa shape index (κ3) is 3.39. The number of aromatic nitrogens is 2. The van der Waals surface area contributed by atoms with Crippen LogP contribution in [0.1, 0.15) is 0 Å². The minimum Gasteiger partial charge on any atom is -0.872 e. The van der Waals surface area contributed by atoms with Crippen LogP contribution in [0.4, 0.5) is 0 Å². The number of benzene rings is 3. The summed E-state index contributed by atoms with van der Waals surface area (Å²) in [6, 6.07) is 25.8. The molecule has 2 aromatic heterocycles. The van der Waals surface area contributed by atoms with Crippen molar-refractivity contribution in [1.82, 2.24) is 0 Å². The van der Waals surface area contributed by atoms with Gasteiger partial charge in [-0.2, -0.15) is 9.97 Å². The average molecular weight is 389 g/mol. The van der Waals surface area contributed by atoms with Crippen LogP contribution in [-0.4, -0.2) is 23.1 Å². The van der Waals surface area contributed by atoms with Gasteiger partial charge in [0.05, 0.1) is 10.8 Å². The van der Waals surface area contributed by atoms with Crippen LogP contribution in [0.5, 0.6) is 11.5 Å². The quantitative estimate of drug-likeness (QED) is 0.344. The number of pyridine rings is 2. The first-order valence-corrected chi connectivity index (χ1v) is 9.04. The Morgan fingerprint density at radius 3 is 1.28 bits per heavy atom. The van der Waals surface area contributed by atoms with Gasteiger partial charge in [-0.3, -0.25) is 0 Å². The Kier molecular flexibility index (Phi) is 5.09. The third-order valence-corrected chi connectivity index (χ3v) is 5.00. The third-order valence-electron chi connectivity index (χ3n) is 5.00. The molecule has 0 aliphatic heterocycles. The number of nitrogens with one attached hydrogen (secondary N) is 2. The zero-order valence-electron chi connectivity index (χ0n) is 15.6. The van der Waals surface area contributed by atoms with E-state index in [0.717, 1.165) is 33.2 Å². The number of hydrogen-bond acceptors (Lipinski definition) is 2. The zero-order chi connectivity index (χ0) is 19.1. The van der Waals surface area contributed by atoms with E-state index in [1.807, 2.05) is 60.7 Å². The molecule has 0 aliphatic rings. The monoisotopic (exact) mass is 388 g/mol. The minimum absolute atomic E-state index is 0. The number of aromatic amines is 2. The Hall–Kier alpha value is -3.15. The Bertz CT molecular complexity index is 1250. The van der Waals surface area contributed by atoms with Gasteiger partial charge in [-0.15, -0.1) is 0 Å². The molecule has 0 saturated carbocycles. The van der Waals surface area contributed by atoms with Gasteiger partial charge in [-0.05, 0) is 36.4 Å². The van der Waals surface area contributed by atoms with Crippen LogP contribution in [0.2, 0.25) is 0 Å². The van der Waals surface area contributed by atoms with Gasteiger partial charge in [0.15, 0.2) is 0 Å². The SMILES string of the molecule is [Mg+2].[O-]c1ccccc1-c1ccc2ccc3ccc(-c4ccccc4[O-])[nH+]c3c2[nH+]1. The van der Waals surface area contributed by atoms with Gasteiger partial charge >= 0.3 is 23.1 Å². The zero-order valence-corrected chi connectivity index (χ0v) is 17.0. The van der Waals surface area contributed by atoms with Gasteiger partial charge in [0.2, 0.25) is 11.4 Å². The summed E-state index contributed by atoms with van der Waals surface area (Å²) < 4.78 is 0. The maximum absolute atomic E-state index is 12.2. The van der Waals surface area contributed by atoms with Crippen molar-refractivity contribution in [2.45, 2.75) is 0 Å². The Morgan fingerprint density at radius 2 is 0.862 bits per heavy atom. The predicted molar refractivity (Wildman–Crippen MR) is 110 cm³/mol. The van der Waals surface area contributed by atoms with Gasteiger partial charge in [0.25, 0.3) is 11.0 Å². The van der Waals surface area contributed by atoms with Crippen LogP contribution in [-0.2, 0) is 0 Å². The first kappa shape index (κ1) is 19.2. The molecule has 0 bridgehead atoms. The van der Waals surface area contributed by atoms with Gasteiger partial charge in [-0.1, -0.05) is 47.9 Å². The Labute approximate surface area is 183 Å². The van der Waals surface area contributed by atoms with Crippen molar-refractivity contribution in [3.05, 3.63) is 84.9 Å². The molecule has 5 heteroatoms. The van der Waals surface area contributed by atoms with Gasteiger partial charge in [-0.25, -0.2) is 0 Å². The molecule has 134 valence electrons. The van der Waals surface area contributed by atoms with E-state index >= 15 is 0 Å². The molecule has 4 nitrogen and oxygen atoms in total. The molecule has 0 atom stereocenters. The van der Waals surface area contributed by atoms with Gasteiger partial charge in [0, 0.05) is 23.3 Å². The van der Waals surface area contributed by atoms with Crippen LogP contribution >= 0.6 is 0 Å². The van der Waals surface area contributed by atoms with E-state index in [0.29, 0.717) is 11.1 Å². The van der Waals surface area contributed by atoms with Crippen molar-refractivity contribution in [3.8, 4) is 34.0 Å². The topological polar surface area (TPSA) is 74.4 Å². The standard InChI is InChI=1S/C24H16N2O2.Mg/c27-21-7-3-1-5-17(21)19-13-11-15-9-10-16-12-14-20(26-24(16)23(15)25-19)18-6-2-4-8-22(18)28;/h1-14,27-28H;/q;+2. The number of rotatable bonds is 2. The second kappa shape index (κ2) is 7.70. The summed E-state index contributed by atoms with van der Waals surface area (Å²) in [4.78, 5) is 6.82. The van der Waals surface area contributed by atoms with Crippen molar-refractivity contribution >= 4 is 44.9 Å². The maximum atomic E-state index is 12.2.